The van der Waals surface area contributed by atoms with E-state index in [0.717, 1.165) is 96.3 Å². The van der Waals surface area contributed by atoms with Gasteiger partial charge in [-0.25, -0.2) is 0 Å². The van der Waals surface area contributed by atoms with Gasteiger partial charge in [-0.1, -0.05) is 299 Å². The Bertz CT molecular complexity index is 1680. The summed E-state index contributed by atoms with van der Waals surface area (Å²) in [6.45, 7) is 5.79. The number of unbranched alkanes of at least 4 members (excludes halogenated alkanes) is 38. The van der Waals surface area contributed by atoms with Gasteiger partial charge in [0, 0.05) is 6.42 Å². The Balaban J connectivity index is 2.58. The van der Waals surface area contributed by atoms with Crippen molar-refractivity contribution in [3.63, 3.8) is 0 Å². The molecule has 0 aromatic carbocycles. The fraction of sp³-hybridized carbons (Fsp3) is 0.813. The van der Waals surface area contributed by atoms with Crippen molar-refractivity contribution in [2.45, 2.75) is 378 Å². The molecule has 11 heteroatoms. The molecule has 8 atom stereocenters. The predicted octanol–water partition coefficient (Wildman–Crippen LogP) is 18.7. The van der Waals surface area contributed by atoms with E-state index in [4.69, 9.17) is 14.2 Å². The molecular formula is C75H135NO10. The minimum absolute atomic E-state index is 0.122. The molecule has 1 aliphatic rings. The summed E-state index contributed by atoms with van der Waals surface area (Å²) < 4.78 is 17.7. The molecule has 11 nitrogen and oxygen atoms in total. The number of rotatable bonds is 62. The number of ether oxygens (including phenoxy) is 3. The lowest BCUT2D eigenvalue weighted by atomic mass is 9.99. The zero-order chi connectivity index (χ0) is 62.4. The molecule has 6 N–H and O–H groups in total. The molecule has 0 aliphatic carbocycles. The standard InChI is InChI=1S/C75H135NO10/c1-4-7-10-13-16-19-22-25-27-29-31-33-35-37-39-41-43-45-48-51-54-57-60-63-70(80)86-73-72(82)71(81)69(64-77)85-75(73)84-65-66(67(78)61-58-55-52-49-46-24-21-18-15-12-9-6-3)76-74(83)68(79)62-59-56-53-50-47-44-42-40-38-36-34-32-30-28-26-23-20-17-14-11-8-5-2/h17,20,25-28,32,34,38,40,58,61,66-69,71-73,75,77-79,81-82H,4-16,18-19,21-24,29-31,33,35-37,39,41-57,59-60,62-65H2,1-3H3,(H,76,83)/b20-17-,27-25+,28-26-,34-32-,40-38-,61-58+. The molecule has 1 heterocycles. The summed E-state index contributed by atoms with van der Waals surface area (Å²) >= 11 is 0. The summed E-state index contributed by atoms with van der Waals surface area (Å²) in [5.41, 5.74) is 0. The zero-order valence-corrected chi connectivity index (χ0v) is 55.7. The van der Waals surface area contributed by atoms with Crippen LogP contribution in [0.5, 0.6) is 0 Å². The van der Waals surface area contributed by atoms with Crippen LogP contribution in [-0.4, -0.2) is 99.6 Å². The van der Waals surface area contributed by atoms with Crippen LogP contribution < -0.4 is 5.32 Å². The number of amides is 1. The summed E-state index contributed by atoms with van der Waals surface area (Å²) in [6.07, 6.45) is 70.8. The SMILES string of the molecule is CCCCC/C=C\C/C=C\C/C=C\C/C=C\CCCCCCCCC(O)C(=O)NC(COC1OC(CO)C(O)C(O)C1OC(=O)CCCCCCCCCCCCCCC/C=C/CCCCCCCC)C(O)/C=C/CCCCCCCCCCCC. The molecule has 500 valence electrons. The number of aliphatic hydroxyl groups is 5. The Labute approximate surface area is 528 Å². The lowest BCUT2D eigenvalue weighted by Crippen LogP contribution is -2.61. The Morgan fingerprint density at radius 2 is 0.802 bits per heavy atom. The first-order valence-electron chi connectivity index (χ1n) is 36.2. The number of nitrogens with one attached hydrogen (secondary N) is 1. The predicted molar refractivity (Wildman–Crippen MR) is 361 cm³/mol. The van der Waals surface area contributed by atoms with Gasteiger partial charge in [0.05, 0.1) is 25.4 Å². The third-order valence-corrected chi connectivity index (χ3v) is 16.8. The highest BCUT2D eigenvalue weighted by molar-refractivity contribution is 5.80. The van der Waals surface area contributed by atoms with Crippen molar-refractivity contribution in [2.75, 3.05) is 13.2 Å². The Kier molecular flexibility index (Phi) is 58.8. The number of esters is 1. The molecule has 8 unspecified atom stereocenters. The molecule has 86 heavy (non-hydrogen) atoms. The number of carbonyl (C=O) groups excluding carboxylic acids is 2. The van der Waals surface area contributed by atoms with E-state index in [1.807, 2.05) is 6.08 Å². The van der Waals surface area contributed by atoms with Crippen molar-refractivity contribution in [1.82, 2.24) is 5.32 Å². The largest absolute Gasteiger partial charge is 0.454 e. The Morgan fingerprint density at radius 1 is 0.453 bits per heavy atom. The van der Waals surface area contributed by atoms with Gasteiger partial charge in [-0.15, -0.1) is 0 Å². The summed E-state index contributed by atoms with van der Waals surface area (Å²) in [6, 6.07) is -1.03. The summed E-state index contributed by atoms with van der Waals surface area (Å²) in [7, 11) is 0. The van der Waals surface area contributed by atoms with Crippen LogP contribution in [-0.2, 0) is 23.8 Å². The van der Waals surface area contributed by atoms with Crippen molar-refractivity contribution >= 4 is 11.9 Å². The zero-order valence-electron chi connectivity index (χ0n) is 55.7. The van der Waals surface area contributed by atoms with Crippen molar-refractivity contribution in [2.24, 2.45) is 0 Å². The minimum atomic E-state index is -1.62. The summed E-state index contributed by atoms with van der Waals surface area (Å²) in [5, 5.41) is 57.3. The van der Waals surface area contributed by atoms with E-state index >= 15 is 0 Å². The second-order valence-electron chi connectivity index (χ2n) is 25.0. The van der Waals surface area contributed by atoms with Gasteiger partial charge in [-0.3, -0.25) is 9.59 Å². The first kappa shape index (κ1) is 81.1. The Morgan fingerprint density at radius 3 is 1.23 bits per heavy atom. The molecule has 1 aliphatic heterocycles. The molecule has 0 saturated carbocycles. The van der Waals surface area contributed by atoms with Crippen LogP contribution in [0.3, 0.4) is 0 Å². The number of hydrogen-bond acceptors (Lipinski definition) is 10. The molecule has 0 spiro atoms. The molecular weight excluding hydrogens is 1070 g/mol. The minimum Gasteiger partial charge on any atom is -0.454 e. The second kappa shape index (κ2) is 62.3. The van der Waals surface area contributed by atoms with Crippen LogP contribution in [0.2, 0.25) is 0 Å². The summed E-state index contributed by atoms with van der Waals surface area (Å²) in [5.74, 6) is -1.20. The van der Waals surface area contributed by atoms with Gasteiger partial charge < -0.3 is 45.1 Å². The molecule has 0 radical (unpaired) electrons. The molecule has 1 rings (SSSR count). The van der Waals surface area contributed by atoms with Gasteiger partial charge in [0.2, 0.25) is 5.91 Å². The van der Waals surface area contributed by atoms with E-state index in [2.05, 4.69) is 86.8 Å². The number of hydrogen-bond donors (Lipinski definition) is 6. The van der Waals surface area contributed by atoms with Gasteiger partial charge in [-0.2, -0.15) is 0 Å². The monoisotopic (exact) mass is 1210 g/mol. The second-order valence-corrected chi connectivity index (χ2v) is 25.0. The van der Waals surface area contributed by atoms with E-state index in [9.17, 15) is 35.1 Å². The van der Waals surface area contributed by atoms with E-state index in [1.54, 1.807) is 6.08 Å². The van der Waals surface area contributed by atoms with Gasteiger partial charge >= 0.3 is 5.97 Å². The number of aliphatic hydroxyl groups excluding tert-OH is 5. The highest BCUT2D eigenvalue weighted by Gasteiger charge is 2.47. The van der Waals surface area contributed by atoms with Crippen LogP contribution in [0.25, 0.3) is 0 Å². The van der Waals surface area contributed by atoms with Crippen molar-refractivity contribution in [3.05, 3.63) is 72.9 Å². The molecule has 1 amide bonds. The quantitative estimate of drug-likeness (QED) is 0.0195. The van der Waals surface area contributed by atoms with Gasteiger partial charge in [0.1, 0.15) is 24.4 Å². The maximum absolute atomic E-state index is 13.5. The van der Waals surface area contributed by atoms with Crippen molar-refractivity contribution in [1.29, 1.82) is 0 Å². The molecule has 0 bridgehead atoms. The van der Waals surface area contributed by atoms with Crippen molar-refractivity contribution in [3.8, 4) is 0 Å². The van der Waals surface area contributed by atoms with Crippen molar-refractivity contribution < 1.29 is 49.3 Å². The third kappa shape index (κ3) is 49.0. The van der Waals surface area contributed by atoms with E-state index in [0.29, 0.717) is 12.8 Å². The van der Waals surface area contributed by atoms with Crippen LogP contribution >= 0.6 is 0 Å². The fourth-order valence-corrected chi connectivity index (χ4v) is 11.1. The first-order valence-corrected chi connectivity index (χ1v) is 36.2. The molecule has 0 aromatic rings. The number of allylic oxidation sites excluding steroid dienone is 11. The summed E-state index contributed by atoms with van der Waals surface area (Å²) in [4.78, 5) is 26.7. The van der Waals surface area contributed by atoms with E-state index in [1.165, 1.54) is 186 Å². The molecule has 1 saturated heterocycles. The van der Waals surface area contributed by atoms with Gasteiger partial charge in [0.25, 0.3) is 0 Å². The van der Waals surface area contributed by atoms with Crippen LogP contribution in [0.1, 0.15) is 329 Å². The highest BCUT2D eigenvalue weighted by atomic mass is 16.7. The average Bonchev–Trinajstić information content (AvgIpc) is 3.59. The first-order chi connectivity index (χ1) is 42.2. The van der Waals surface area contributed by atoms with Crippen LogP contribution in [0.4, 0.5) is 0 Å². The normalized spacial score (nSPS) is 18.7. The molecule has 0 aromatic heterocycles. The van der Waals surface area contributed by atoms with Gasteiger partial charge in [0.15, 0.2) is 12.4 Å². The molecule has 1 fully saturated rings. The van der Waals surface area contributed by atoms with E-state index < -0.39 is 67.4 Å². The lowest BCUT2D eigenvalue weighted by molar-refractivity contribution is -0.305. The van der Waals surface area contributed by atoms with Crippen LogP contribution in [0, 0.1) is 0 Å². The fourth-order valence-electron chi connectivity index (χ4n) is 11.1. The van der Waals surface area contributed by atoms with Crippen LogP contribution in [0.15, 0.2) is 72.9 Å². The van der Waals surface area contributed by atoms with E-state index in [-0.39, 0.29) is 19.4 Å². The topological polar surface area (TPSA) is 175 Å². The maximum atomic E-state index is 13.5. The Hall–Kier alpha value is -2.90. The van der Waals surface area contributed by atoms with Gasteiger partial charge in [-0.05, 0) is 96.3 Å². The smallest absolute Gasteiger partial charge is 0.306 e. The third-order valence-electron chi connectivity index (χ3n) is 16.8. The lowest BCUT2D eigenvalue weighted by Gasteiger charge is -2.41. The number of carbonyl (C=O) groups is 2. The highest BCUT2D eigenvalue weighted by Crippen LogP contribution is 2.26. The maximum Gasteiger partial charge on any atom is 0.306 e. The average molecular weight is 1210 g/mol.